The fraction of sp³-hybridized carbons (Fsp3) is 1.00. The Kier molecular flexibility index (Phi) is 3.20. The average molecular weight is 202 g/mol. The van der Waals surface area contributed by atoms with Gasteiger partial charge in [0.25, 0.3) is 0 Å². The predicted molar refractivity (Wildman–Crippen MR) is 57.1 cm³/mol. The van der Waals surface area contributed by atoms with Crippen LogP contribution in [0.5, 0.6) is 0 Å². The van der Waals surface area contributed by atoms with Gasteiger partial charge in [0.05, 0.1) is 0 Å². The molecule has 1 aliphatic rings. The average Bonchev–Trinajstić information content (AvgIpc) is 2.03. The summed E-state index contributed by atoms with van der Waals surface area (Å²) in [4.78, 5) is 0. The SMILES string of the molecule is CCO[Si]1(OCC)C(C)CC1(C)C. The van der Waals surface area contributed by atoms with Crippen LogP contribution >= 0.6 is 0 Å². The van der Waals surface area contributed by atoms with Crippen LogP contribution in [0.1, 0.15) is 41.0 Å². The van der Waals surface area contributed by atoms with Gasteiger partial charge in [0, 0.05) is 23.8 Å². The summed E-state index contributed by atoms with van der Waals surface area (Å²) in [6.07, 6.45) is 1.25. The second-order valence-corrected chi connectivity index (χ2v) is 8.77. The van der Waals surface area contributed by atoms with Crippen LogP contribution in [-0.2, 0) is 8.85 Å². The van der Waals surface area contributed by atoms with Gasteiger partial charge in [0.1, 0.15) is 0 Å². The lowest BCUT2D eigenvalue weighted by atomic mass is 10.1. The molecule has 0 spiro atoms. The Balaban J connectivity index is 2.75. The highest BCUT2D eigenvalue weighted by atomic mass is 28.4. The lowest BCUT2D eigenvalue weighted by molar-refractivity contribution is 0.112. The smallest absolute Gasteiger partial charge is 0.346 e. The topological polar surface area (TPSA) is 18.5 Å². The summed E-state index contributed by atoms with van der Waals surface area (Å²) in [5, 5.41) is 0.304. The Bertz CT molecular complexity index is 174. The van der Waals surface area contributed by atoms with Crippen molar-refractivity contribution in [3.8, 4) is 0 Å². The van der Waals surface area contributed by atoms with Gasteiger partial charge in [-0.05, 0) is 20.3 Å². The molecule has 13 heavy (non-hydrogen) atoms. The maximum atomic E-state index is 5.95. The Morgan fingerprint density at radius 2 is 1.69 bits per heavy atom. The highest BCUT2D eigenvalue weighted by Crippen LogP contribution is 2.61. The number of rotatable bonds is 4. The van der Waals surface area contributed by atoms with E-state index in [1.807, 2.05) is 0 Å². The molecular weight excluding hydrogens is 180 g/mol. The van der Waals surface area contributed by atoms with Crippen molar-refractivity contribution in [1.29, 1.82) is 0 Å². The molecule has 0 aromatic carbocycles. The molecule has 0 aliphatic carbocycles. The lowest BCUT2D eigenvalue weighted by Gasteiger charge is -2.56. The van der Waals surface area contributed by atoms with E-state index >= 15 is 0 Å². The highest BCUT2D eigenvalue weighted by molar-refractivity contribution is 6.75. The summed E-state index contributed by atoms with van der Waals surface area (Å²) in [6.45, 7) is 12.5. The van der Waals surface area contributed by atoms with Crippen LogP contribution in [0.15, 0.2) is 0 Å². The number of hydrogen-bond donors (Lipinski definition) is 0. The summed E-state index contributed by atoms with van der Waals surface area (Å²) < 4.78 is 11.9. The van der Waals surface area contributed by atoms with Gasteiger partial charge in [-0.3, -0.25) is 0 Å². The van der Waals surface area contributed by atoms with Gasteiger partial charge in [0.15, 0.2) is 0 Å². The first kappa shape index (κ1) is 11.2. The summed E-state index contributed by atoms with van der Waals surface area (Å²) in [6, 6.07) is 0. The van der Waals surface area contributed by atoms with Crippen molar-refractivity contribution in [3.05, 3.63) is 0 Å². The van der Waals surface area contributed by atoms with Gasteiger partial charge in [-0.2, -0.15) is 0 Å². The molecular formula is C10H22O2Si. The molecule has 1 atom stereocenters. The Labute approximate surface area is 82.9 Å². The maximum absolute atomic E-state index is 5.95. The molecule has 78 valence electrons. The van der Waals surface area contributed by atoms with E-state index in [4.69, 9.17) is 8.85 Å². The van der Waals surface area contributed by atoms with Crippen LogP contribution < -0.4 is 0 Å². The fourth-order valence-electron chi connectivity index (χ4n) is 2.72. The van der Waals surface area contributed by atoms with E-state index in [1.165, 1.54) is 6.42 Å². The fourth-order valence-corrected chi connectivity index (χ4v) is 7.35. The maximum Gasteiger partial charge on any atom is 0.346 e. The van der Waals surface area contributed by atoms with E-state index in [0.717, 1.165) is 13.2 Å². The van der Waals surface area contributed by atoms with Gasteiger partial charge in [0.2, 0.25) is 0 Å². The van der Waals surface area contributed by atoms with Crippen LogP contribution in [0.3, 0.4) is 0 Å². The molecule has 0 radical (unpaired) electrons. The zero-order chi connectivity index (χ0) is 10.1. The minimum atomic E-state index is -1.87. The third kappa shape index (κ3) is 1.58. The van der Waals surface area contributed by atoms with E-state index in [2.05, 4.69) is 34.6 Å². The van der Waals surface area contributed by atoms with Gasteiger partial charge in [-0.15, -0.1) is 0 Å². The molecule has 1 saturated heterocycles. The van der Waals surface area contributed by atoms with E-state index < -0.39 is 8.56 Å². The minimum absolute atomic E-state index is 0.304. The van der Waals surface area contributed by atoms with Crippen molar-refractivity contribution in [3.63, 3.8) is 0 Å². The van der Waals surface area contributed by atoms with Crippen molar-refractivity contribution in [1.82, 2.24) is 0 Å². The monoisotopic (exact) mass is 202 g/mol. The van der Waals surface area contributed by atoms with Crippen molar-refractivity contribution < 1.29 is 8.85 Å². The molecule has 0 saturated carbocycles. The van der Waals surface area contributed by atoms with Gasteiger partial charge < -0.3 is 8.85 Å². The molecule has 3 heteroatoms. The van der Waals surface area contributed by atoms with Crippen molar-refractivity contribution in [2.75, 3.05) is 13.2 Å². The molecule has 0 aromatic rings. The Morgan fingerprint density at radius 1 is 1.23 bits per heavy atom. The molecule has 2 nitrogen and oxygen atoms in total. The second-order valence-electron chi connectivity index (χ2n) is 4.52. The highest BCUT2D eigenvalue weighted by Gasteiger charge is 2.64. The van der Waals surface area contributed by atoms with Crippen LogP contribution in [0.2, 0.25) is 10.6 Å². The van der Waals surface area contributed by atoms with Gasteiger partial charge >= 0.3 is 8.56 Å². The first-order valence-electron chi connectivity index (χ1n) is 5.28. The van der Waals surface area contributed by atoms with E-state index in [-0.39, 0.29) is 0 Å². The molecule has 0 bridgehead atoms. The normalized spacial score (nSPS) is 29.8. The first-order chi connectivity index (χ1) is 6.00. The van der Waals surface area contributed by atoms with Gasteiger partial charge in [-0.1, -0.05) is 20.8 Å². The minimum Gasteiger partial charge on any atom is -0.394 e. The molecule has 0 aromatic heterocycles. The molecule has 1 fully saturated rings. The van der Waals surface area contributed by atoms with E-state index in [9.17, 15) is 0 Å². The number of hydrogen-bond acceptors (Lipinski definition) is 2. The Morgan fingerprint density at radius 3 is 1.92 bits per heavy atom. The van der Waals surface area contributed by atoms with Crippen LogP contribution in [0.4, 0.5) is 0 Å². The van der Waals surface area contributed by atoms with Crippen LogP contribution in [0.25, 0.3) is 0 Å². The molecule has 0 amide bonds. The predicted octanol–water partition coefficient (Wildman–Crippen LogP) is 3.08. The van der Waals surface area contributed by atoms with Crippen molar-refractivity contribution >= 4 is 8.56 Å². The standard InChI is InChI=1S/C10H22O2Si/c1-6-11-13(12-7-2)9(3)8-10(13,4)5/h9H,6-8H2,1-5H3. The summed E-state index contributed by atoms with van der Waals surface area (Å²) in [5.41, 5.74) is 0.655. The zero-order valence-electron chi connectivity index (χ0n) is 9.52. The molecule has 0 N–H and O–H groups in total. The van der Waals surface area contributed by atoms with E-state index in [1.54, 1.807) is 0 Å². The molecule has 1 unspecified atom stereocenters. The Hall–Kier alpha value is 0.137. The first-order valence-corrected chi connectivity index (χ1v) is 7.17. The second kappa shape index (κ2) is 3.71. The summed E-state index contributed by atoms with van der Waals surface area (Å²) in [7, 11) is -1.87. The largest absolute Gasteiger partial charge is 0.394 e. The van der Waals surface area contributed by atoms with Crippen molar-refractivity contribution in [2.45, 2.75) is 51.6 Å². The quantitative estimate of drug-likeness (QED) is 0.652. The van der Waals surface area contributed by atoms with Crippen LogP contribution in [-0.4, -0.2) is 21.8 Å². The van der Waals surface area contributed by atoms with Crippen LogP contribution in [0, 0.1) is 0 Å². The molecule has 1 aliphatic heterocycles. The third-order valence-electron chi connectivity index (χ3n) is 3.13. The molecule has 1 rings (SSSR count). The summed E-state index contributed by atoms with van der Waals surface area (Å²) in [5.74, 6) is 0. The lowest BCUT2D eigenvalue weighted by Crippen LogP contribution is -2.62. The van der Waals surface area contributed by atoms with Gasteiger partial charge in [-0.25, -0.2) is 0 Å². The zero-order valence-corrected chi connectivity index (χ0v) is 10.5. The summed E-state index contributed by atoms with van der Waals surface area (Å²) >= 11 is 0. The third-order valence-corrected chi connectivity index (χ3v) is 8.15. The van der Waals surface area contributed by atoms with Crippen molar-refractivity contribution in [2.24, 2.45) is 0 Å². The van der Waals surface area contributed by atoms with E-state index in [0.29, 0.717) is 10.6 Å². The molecule has 1 heterocycles.